The van der Waals surface area contributed by atoms with Crippen LogP contribution in [0.1, 0.15) is 44.2 Å². The summed E-state index contributed by atoms with van der Waals surface area (Å²) in [5.41, 5.74) is 4.08. The summed E-state index contributed by atoms with van der Waals surface area (Å²) in [5, 5.41) is 2.21. The minimum Gasteiger partial charge on any atom is -0.454 e. The second-order valence-corrected chi connectivity index (χ2v) is 10.0. The lowest BCUT2D eigenvalue weighted by molar-refractivity contribution is -0.00696. The van der Waals surface area contributed by atoms with Crippen molar-refractivity contribution in [1.82, 2.24) is 9.38 Å². The van der Waals surface area contributed by atoms with Crippen LogP contribution >= 0.6 is 11.3 Å². The Balaban J connectivity index is 1.32. The predicted molar refractivity (Wildman–Crippen MR) is 104 cm³/mol. The molecule has 0 radical (unpaired) electrons. The van der Waals surface area contributed by atoms with Crippen molar-refractivity contribution in [3.05, 3.63) is 35.5 Å². The molecule has 1 aliphatic heterocycles. The van der Waals surface area contributed by atoms with Crippen LogP contribution < -0.4 is 9.47 Å². The van der Waals surface area contributed by atoms with Gasteiger partial charge in [0.25, 0.3) is 0 Å². The van der Waals surface area contributed by atoms with E-state index >= 15 is 0 Å². The maximum Gasteiger partial charge on any atom is 0.231 e. The van der Waals surface area contributed by atoms with Gasteiger partial charge in [0.2, 0.25) is 6.79 Å². The summed E-state index contributed by atoms with van der Waals surface area (Å²) in [6, 6.07) is 6.23. The maximum absolute atomic E-state index is 5.58. The summed E-state index contributed by atoms with van der Waals surface area (Å²) in [5.74, 6) is 4.52. The van der Waals surface area contributed by atoms with Gasteiger partial charge in [-0.05, 0) is 74.5 Å². The molecule has 4 aliphatic carbocycles. The van der Waals surface area contributed by atoms with Crippen LogP contribution in [0.3, 0.4) is 0 Å². The first-order valence-corrected chi connectivity index (χ1v) is 11.0. The van der Waals surface area contributed by atoms with E-state index in [1.165, 1.54) is 55.5 Å². The van der Waals surface area contributed by atoms with Gasteiger partial charge in [0.15, 0.2) is 16.5 Å². The molecule has 0 atom stereocenters. The fourth-order valence-electron chi connectivity index (χ4n) is 6.73. The highest BCUT2D eigenvalue weighted by Crippen LogP contribution is 2.60. The van der Waals surface area contributed by atoms with Crippen molar-refractivity contribution in [3.8, 4) is 22.8 Å². The molecular weight excluding hydrogens is 356 g/mol. The second kappa shape index (κ2) is 5.07. The molecule has 138 valence electrons. The average Bonchev–Trinajstić information content (AvgIpc) is 3.35. The molecule has 2 aromatic heterocycles. The van der Waals surface area contributed by atoms with E-state index in [4.69, 9.17) is 14.5 Å². The number of nitrogens with zero attached hydrogens (tertiary/aromatic N) is 2. The molecule has 0 spiro atoms. The minimum atomic E-state index is 0.319. The molecular formula is C22H22N2O2S. The monoisotopic (exact) mass is 378 g/mol. The Morgan fingerprint density at radius 2 is 1.74 bits per heavy atom. The summed E-state index contributed by atoms with van der Waals surface area (Å²) in [6.07, 6.45) is 10.9. The van der Waals surface area contributed by atoms with Crippen LogP contribution in [-0.4, -0.2) is 16.2 Å². The zero-order valence-electron chi connectivity index (χ0n) is 15.2. The van der Waals surface area contributed by atoms with E-state index in [9.17, 15) is 0 Å². The topological polar surface area (TPSA) is 35.8 Å². The van der Waals surface area contributed by atoms with Crippen LogP contribution in [0.5, 0.6) is 11.5 Å². The number of aromatic nitrogens is 2. The molecule has 0 saturated heterocycles. The van der Waals surface area contributed by atoms with Gasteiger partial charge in [-0.3, -0.25) is 4.40 Å². The summed E-state index contributed by atoms with van der Waals surface area (Å²) in [7, 11) is 0. The largest absolute Gasteiger partial charge is 0.454 e. The van der Waals surface area contributed by atoms with E-state index in [2.05, 4.69) is 28.1 Å². The smallest absolute Gasteiger partial charge is 0.231 e. The molecule has 27 heavy (non-hydrogen) atoms. The summed E-state index contributed by atoms with van der Waals surface area (Å²) >= 11 is 1.75. The van der Waals surface area contributed by atoms with Crippen molar-refractivity contribution < 1.29 is 9.47 Å². The van der Waals surface area contributed by atoms with Crippen LogP contribution in [-0.2, 0) is 5.41 Å². The first-order chi connectivity index (χ1) is 13.3. The van der Waals surface area contributed by atoms with Gasteiger partial charge in [-0.25, -0.2) is 4.98 Å². The normalized spacial score (nSPS) is 33.3. The number of hydrogen-bond acceptors (Lipinski definition) is 4. The van der Waals surface area contributed by atoms with E-state index in [1.54, 1.807) is 11.3 Å². The molecule has 4 fully saturated rings. The first-order valence-electron chi connectivity index (χ1n) is 10.1. The number of fused-ring (bicyclic) bond motifs is 2. The number of imidazole rings is 1. The number of hydrogen-bond donors (Lipinski definition) is 0. The molecule has 3 aromatic rings. The Bertz CT molecular complexity index is 1030. The fourth-order valence-corrected chi connectivity index (χ4v) is 7.61. The van der Waals surface area contributed by atoms with E-state index in [-0.39, 0.29) is 0 Å². The SMILES string of the molecule is c1cc2c(cc1-c1csc3nc(C45CC6CC(CC(C6)C4)C5)cn13)OCO2. The van der Waals surface area contributed by atoms with Crippen LogP contribution in [0.4, 0.5) is 0 Å². The zero-order valence-corrected chi connectivity index (χ0v) is 16.0. The Morgan fingerprint density at radius 1 is 1.00 bits per heavy atom. The van der Waals surface area contributed by atoms with Crippen molar-refractivity contribution >= 4 is 16.3 Å². The molecule has 0 unspecified atom stereocenters. The fraction of sp³-hybridized carbons (Fsp3) is 0.500. The van der Waals surface area contributed by atoms with Crippen LogP contribution in [0.25, 0.3) is 16.2 Å². The Kier molecular flexibility index (Phi) is 2.81. The minimum absolute atomic E-state index is 0.319. The molecule has 4 saturated carbocycles. The molecule has 4 bridgehead atoms. The maximum atomic E-state index is 5.58. The lowest BCUT2D eigenvalue weighted by Crippen LogP contribution is -2.48. The third kappa shape index (κ3) is 2.06. The lowest BCUT2D eigenvalue weighted by Gasteiger charge is -2.56. The summed E-state index contributed by atoms with van der Waals surface area (Å²) < 4.78 is 13.3. The quantitative estimate of drug-likeness (QED) is 0.610. The van der Waals surface area contributed by atoms with E-state index in [0.717, 1.165) is 34.2 Å². The van der Waals surface area contributed by atoms with Crippen molar-refractivity contribution in [2.45, 2.75) is 43.9 Å². The number of rotatable bonds is 2. The second-order valence-electron chi connectivity index (χ2n) is 9.17. The standard InChI is InChI=1S/C22H22N2O2S/c1-2-18-19(26-12-25-18)6-16(1)17-11-27-21-23-20(10-24(17)21)22-7-13-3-14(8-22)5-15(4-13)9-22/h1-2,6,10-11,13-15H,3-5,7-9,12H2. The predicted octanol–water partition coefficient (Wildman–Crippen LogP) is 5.26. The van der Waals surface area contributed by atoms with Gasteiger partial charge in [0, 0.05) is 22.6 Å². The number of ether oxygens (including phenoxy) is 2. The number of thiazole rings is 1. The van der Waals surface area contributed by atoms with Gasteiger partial charge in [0.05, 0.1) is 11.4 Å². The van der Waals surface area contributed by atoms with Crippen LogP contribution in [0.15, 0.2) is 29.8 Å². The molecule has 5 aliphatic rings. The zero-order chi connectivity index (χ0) is 17.6. The molecule has 1 aromatic carbocycles. The van der Waals surface area contributed by atoms with Gasteiger partial charge in [0.1, 0.15) is 0 Å². The van der Waals surface area contributed by atoms with E-state index in [0.29, 0.717) is 12.2 Å². The highest BCUT2D eigenvalue weighted by Gasteiger charge is 2.52. The highest BCUT2D eigenvalue weighted by atomic mass is 32.1. The van der Waals surface area contributed by atoms with E-state index < -0.39 is 0 Å². The lowest BCUT2D eigenvalue weighted by atomic mass is 9.49. The summed E-state index contributed by atoms with van der Waals surface area (Å²) in [6.45, 7) is 0.319. The van der Waals surface area contributed by atoms with Crippen LogP contribution in [0, 0.1) is 17.8 Å². The van der Waals surface area contributed by atoms with Crippen molar-refractivity contribution in [1.29, 1.82) is 0 Å². The van der Waals surface area contributed by atoms with Gasteiger partial charge in [-0.1, -0.05) is 0 Å². The molecule has 0 N–H and O–H groups in total. The molecule has 4 nitrogen and oxygen atoms in total. The molecule has 8 rings (SSSR count). The van der Waals surface area contributed by atoms with Crippen LogP contribution in [0.2, 0.25) is 0 Å². The number of benzene rings is 1. The third-order valence-electron chi connectivity index (χ3n) is 7.46. The Hall–Kier alpha value is -2.01. The first kappa shape index (κ1) is 15.0. The van der Waals surface area contributed by atoms with Gasteiger partial charge >= 0.3 is 0 Å². The Morgan fingerprint density at radius 3 is 2.52 bits per heavy atom. The average molecular weight is 378 g/mol. The van der Waals surface area contributed by atoms with Crippen molar-refractivity contribution in [2.75, 3.05) is 6.79 Å². The van der Waals surface area contributed by atoms with Crippen molar-refractivity contribution in [3.63, 3.8) is 0 Å². The van der Waals surface area contributed by atoms with Crippen molar-refractivity contribution in [2.24, 2.45) is 17.8 Å². The van der Waals surface area contributed by atoms with Gasteiger partial charge < -0.3 is 9.47 Å². The van der Waals surface area contributed by atoms with E-state index in [1.807, 2.05) is 6.07 Å². The molecule has 0 amide bonds. The summed E-state index contributed by atoms with van der Waals surface area (Å²) in [4.78, 5) is 6.27. The third-order valence-corrected chi connectivity index (χ3v) is 8.30. The molecule has 5 heteroatoms. The van der Waals surface area contributed by atoms with Gasteiger partial charge in [-0.15, -0.1) is 11.3 Å². The Labute approximate surface area is 162 Å². The highest BCUT2D eigenvalue weighted by molar-refractivity contribution is 7.15. The van der Waals surface area contributed by atoms with Gasteiger partial charge in [-0.2, -0.15) is 0 Å². The molecule has 3 heterocycles.